The summed E-state index contributed by atoms with van der Waals surface area (Å²) in [6, 6.07) is 16.1. The Bertz CT molecular complexity index is 894. The van der Waals surface area contributed by atoms with Crippen LogP contribution in [0.4, 0.5) is 0 Å². The standard InChI is InChI=1S/C24H25N/c1-2-4-21-16(3-1)8-17-7-15(5-6-22(17)21)13-25-23-11-19-9-18-10-20(12-23)24(18,19)14-23/h1-7,18-20,25H,8-14H2. The minimum atomic E-state index is 0.489. The van der Waals surface area contributed by atoms with E-state index in [-0.39, 0.29) is 0 Å². The third-order valence-corrected chi connectivity index (χ3v) is 8.86. The highest BCUT2D eigenvalue weighted by molar-refractivity contribution is 5.76. The zero-order chi connectivity index (χ0) is 16.2. The van der Waals surface area contributed by atoms with Gasteiger partial charge in [0.15, 0.2) is 0 Å². The molecule has 0 aliphatic heterocycles. The van der Waals surface area contributed by atoms with Gasteiger partial charge < -0.3 is 5.32 Å². The number of fused-ring (bicyclic) bond motifs is 4. The van der Waals surface area contributed by atoms with Crippen LogP contribution in [0.25, 0.3) is 11.1 Å². The van der Waals surface area contributed by atoms with Gasteiger partial charge in [-0.1, -0.05) is 42.5 Å². The zero-order valence-electron chi connectivity index (χ0n) is 14.7. The maximum Gasteiger partial charge on any atom is 0.0210 e. The van der Waals surface area contributed by atoms with Crippen molar-refractivity contribution in [1.29, 1.82) is 0 Å². The molecule has 1 nitrogen and oxygen atoms in total. The average molecular weight is 327 g/mol. The highest BCUT2D eigenvalue weighted by atomic mass is 15.0. The summed E-state index contributed by atoms with van der Waals surface area (Å²) in [5.74, 6) is 3.27. The van der Waals surface area contributed by atoms with Gasteiger partial charge in [-0.25, -0.2) is 0 Å². The molecule has 2 atom stereocenters. The van der Waals surface area contributed by atoms with Crippen LogP contribution in [-0.4, -0.2) is 5.54 Å². The van der Waals surface area contributed by atoms with Gasteiger partial charge in [-0.15, -0.1) is 0 Å². The largest absolute Gasteiger partial charge is 0.307 e. The van der Waals surface area contributed by atoms with Crippen LogP contribution in [0.3, 0.4) is 0 Å². The minimum absolute atomic E-state index is 0.489. The smallest absolute Gasteiger partial charge is 0.0210 e. The van der Waals surface area contributed by atoms with Gasteiger partial charge in [-0.05, 0) is 89.5 Å². The molecule has 5 aliphatic rings. The first kappa shape index (κ1) is 13.6. The Morgan fingerprint density at radius 2 is 1.68 bits per heavy atom. The first-order valence-corrected chi connectivity index (χ1v) is 10.2. The molecule has 5 aliphatic carbocycles. The van der Waals surface area contributed by atoms with E-state index in [9.17, 15) is 0 Å². The third-order valence-electron chi connectivity index (χ3n) is 8.86. The fraction of sp³-hybridized carbons (Fsp3) is 0.500. The molecule has 0 aromatic heterocycles. The number of hydrogen-bond acceptors (Lipinski definition) is 1. The van der Waals surface area contributed by atoms with Crippen molar-refractivity contribution in [2.75, 3.05) is 0 Å². The summed E-state index contributed by atoms with van der Waals surface area (Å²) in [5.41, 5.74) is 8.71. The second-order valence-corrected chi connectivity index (χ2v) is 9.72. The third kappa shape index (κ3) is 1.52. The Balaban J connectivity index is 1.14. The lowest BCUT2D eigenvalue weighted by molar-refractivity contribution is -0.175. The molecule has 4 fully saturated rings. The zero-order valence-corrected chi connectivity index (χ0v) is 14.7. The molecule has 126 valence electrons. The van der Waals surface area contributed by atoms with Crippen LogP contribution < -0.4 is 5.32 Å². The second kappa shape index (κ2) is 4.20. The highest BCUT2D eigenvalue weighted by Crippen LogP contribution is 2.82. The van der Waals surface area contributed by atoms with Crippen molar-refractivity contribution in [3.63, 3.8) is 0 Å². The Morgan fingerprint density at radius 1 is 0.880 bits per heavy atom. The number of benzene rings is 2. The van der Waals surface area contributed by atoms with Crippen molar-refractivity contribution in [2.45, 2.75) is 50.6 Å². The van der Waals surface area contributed by atoms with Gasteiger partial charge >= 0.3 is 0 Å². The average Bonchev–Trinajstić information content (AvgIpc) is 3.22. The van der Waals surface area contributed by atoms with Crippen LogP contribution in [0, 0.1) is 23.2 Å². The maximum absolute atomic E-state index is 4.07. The van der Waals surface area contributed by atoms with Crippen molar-refractivity contribution >= 4 is 0 Å². The van der Waals surface area contributed by atoms with E-state index in [2.05, 4.69) is 47.8 Å². The molecular weight excluding hydrogens is 302 g/mol. The van der Waals surface area contributed by atoms with Crippen LogP contribution >= 0.6 is 0 Å². The molecule has 0 heterocycles. The van der Waals surface area contributed by atoms with Crippen molar-refractivity contribution in [2.24, 2.45) is 23.2 Å². The topological polar surface area (TPSA) is 12.0 Å². The fourth-order valence-corrected chi connectivity index (χ4v) is 7.88. The first-order chi connectivity index (χ1) is 12.3. The molecule has 2 aromatic carbocycles. The molecule has 25 heavy (non-hydrogen) atoms. The number of rotatable bonds is 3. The summed E-state index contributed by atoms with van der Waals surface area (Å²) in [4.78, 5) is 0. The van der Waals surface area contributed by atoms with E-state index in [4.69, 9.17) is 0 Å². The lowest BCUT2D eigenvalue weighted by atomic mass is 9.38. The van der Waals surface area contributed by atoms with E-state index in [1.54, 1.807) is 12.8 Å². The normalized spacial score (nSPS) is 40.9. The van der Waals surface area contributed by atoms with E-state index in [1.165, 1.54) is 47.1 Å². The van der Waals surface area contributed by atoms with Gasteiger partial charge in [0.25, 0.3) is 0 Å². The molecule has 1 spiro atoms. The maximum atomic E-state index is 4.07. The summed E-state index contributed by atoms with van der Waals surface area (Å²) < 4.78 is 0. The van der Waals surface area contributed by atoms with Crippen molar-refractivity contribution in [3.05, 3.63) is 59.2 Å². The van der Waals surface area contributed by atoms with Crippen molar-refractivity contribution < 1.29 is 0 Å². The van der Waals surface area contributed by atoms with E-state index >= 15 is 0 Å². The highest BCUT2D eigenvalue weighted by Gasteiger charge is 2.77. The summed E-state index contributed by atoms with van der Waals surface area (Å²) >= 11 is 0. The first-order valence-electron chi connectivity index (χ1n) is 10.2. The minimum Gasteiger partial charge on any atom is -0.307 e. The molecule has 1 heteroatoms. The van der Waals surface area contributed by atoms with E-state index in [1.807, 2.05) is 0 Å². The summed E-state index contributed by atoms with van der Waals surface area (Å²) in [6.07, 6.45) is 8.65. The van der Waals surface area contributed by atoms with Crippen molar-refractivity contribution in [1.82, 2.24) is 5.32 Å². The molecule has 1 N–H and O–H groups in total. The Hall–Kier alpha value is -1.60. The molecule has 2 aromatic rings. The predicted octanol–water partition coefficient (Wildman–Crippen LogP) is 4.93. The van der Waals surface area contributed by atoms with Gasteiger partial charge in [0.05, 0.1) is 0 Å². The predicted molar refractivity (Wildman–Crippen MR) is 100 cm³/mol. The van der Waals surface area contributed by atoms with Gasteiger partial charge in [0.1, 0.15) is 0 Å². The Labute approximate surface area is 149 Å². The number of nitrogens with one attached hydrogen (secondary N) is 1. The van der Waals surface area contributed by atoms with Crippen LogP contribution in [0.1, 0.15) is 48.8 Å². The Kier molecular flexibility index (Phi) is 2.28. The van der Waals surface area contributed by atoms with Gasteiger partial charge in [0.2, 0.25) is 0 Å². The molecule has 0 amide bonds. The number of hydrogen-bond donors (Lipinski definition) is 1. The van der Waals surface area contributed by atoms with Crippen LogP contribution in [0.5, 0.6) is 0 Å². The lowest BCUT2D eigenvalue weighted by Gasteiger charge is -2.66. The van der Waals surface area contributed by atoms with Gasteiger partial charge in [0, 0.05) is 12.1 Å². The quantitative estimate of drug-likeness (QED) is 0.719. The molecule has 0 radical (unpaired) electrons. The molecule has 2 bridgehead atoms. The molecular formula is C24H25N. The van der Waals surface area contributed by atoms with E-state index in [0.29, 0.717) is 5.54 Å². The van der Waals surface area contributed by atoms with Crippen LogP contribution in [0.2, 0.25) is 0 Å². The summed E-state index contributed by atoms with van der Waals surface area (Å²) in [5, 5.41) is 4.07. The monoisotopic (exact) mass is 327 g/mol. The fourth-order valence-electron chi connectivity index (χ4n) is 7.88. The molecule has 0 saturated heterocycles. The van der Waals surface area contributed by atoms with Crippen LogP contribution in [-0.2, 0) is 13.0 Å². The van der Waals surface area contributed by atoms with Gasteiger partial charge in [-0.2, -0.15) is 0 Å². The van der Waals surface area contributed by atoms with E-state index in [0.717, 1.165) is 36.1 Å². The van der Waals surface area contributed by atoms with E-state index < -0.39 is 0 Å². The van der Waals surface area contributed by atoms with Gasteiger partial charge in [-0.3, -0.25) is 0 Å². The molecule has 2 unspecified atom stereocenters. The molecule has 4 saturated carbocycles. The lowest BCUT2D eigenvalue weighted by Crippen LogP contribution is -2.60. The summed E-state index contributed by atoms with van der Waals surface area (Å²) in [6.45, 7) is 1.06. The summed E-state index contributed by atoms with van der Waals surface area (Å²) in [7, 11) is 0. The molecule has 7 rings (SSSR count). The second-order valence-electron chi connectivity index (χ2n) is 9.72. The SMILES string of the molecule is c1ccc2c(c1)Cc1cc(CNC34CC5CC6CC(C3)C65C4)ccc1-2. The van der Waals surface area contributed by atoms with Crippen LogP contribution in [0.15, 0.2) is 42.5 Å². The Morgan fingerprint density at radius 3 is 2.48 bits per heavy atom. The van der Waals surface area contributed by atoms with Crippen molar-refractivity contribution in [3.8, 4) is 11.1 Å².